The summed E-state index contributed by atoms with van der Waals surface area (Å²) >= 11 is 0. The fourth-order valence-electron chi connectivity index (χ4n) is 3.27. The average molecular weight is 385 g/mol. The lowest BCUT2D eigenvalue weighted by molar-refractivity contribution is -0.139. The van der Waals surface area contributed by atoms with E-state index in [9.17, 15) is 21.6 Å². The molecule has 0 saturated heterocycles. The molecule has 1 aliphatic rings. The highest BCUT2D eigenvalue weighted by Crippen LogP contribution is 2.40. The fraction of sp³-hybridized carbons (Fsp3) is 0.389. The number of hydrogen-bond acceptors (Lipinski definition) is 4. The Morgan fingerprint density at radius 1 is 1.15 bits per heavy atom. The number of methoxy groups -OCH3 is 1. The molecule has 1 fully saturated rings. The first-order valence-electron chi connectivity index (χ1n) is 8.13. The molecule has 4 nitrogen and oxygen atoms in total. The Balaban J connectivity index is 2.07. The molecule has 1 aromatic heterocycles. The first kappa shape index (κ1) is 18.8. The third-order valence-electron chi connectivity index (χ3n) is 4.66. The fourth-order valence-corrected chi connectivity index (χ4v) is 5.28. The molecule has 0 radical (unpaired) electrons. The van der Waals surface area contributed by atoms with Gasteiger partial charge in [-0.3, -0.25) is 4.98 Å². The smallest absolute Gasteiger partial charge is 0.381 e. The molecule has 3 rings (SSSR count). The van der Waals surface area contributed by atoms with Crippen molar-refractivity contribution < 1.29 is 26.3 Å². The van der Waals surface area contributed by atoms with Crippen LogP contribution in [0.5, 0.6) is 0 Å². The lowest BCUT2D eigenvalue weighted by Crippen LogP contribution is -2.23. The van der Waals surface area contributed by atoms with Crippen LogP contribution in [0, 0.1) is 0 Å². The largest absolute Gasteiger partial charge is 0.417 e. The van der Waals surface area contributed by atoms with Gasteiger partial charge >= 0.3 is 6.18 Å². The number of benzene rings is 1. The zero-order chi connectivity index (χ0) is 18.9. The minimum atomic E-state index is -4.79. The molecule has 0 bridgehead atoms. The summed E-state index contributed by atoms with van der Waals surface area (Å²) in [6.07, 6.45) is -2.54. The van der Waals surface area contributed by atoms with E-state index in [4.69, 9.17) is 4.74 Å². The van der Waals surface area contributed by atoms with Gasteiger partial charge in [0, 0.05) is 18.9 Å². The van der Waals surface area contributed by atoms with E-state index >= 15 is 0 Å². The molecule has 8 heteroatoms. The normalized spacial score (nSPS) is 21.1. The van der Waals surface area contributed by atoms with Gasteiger partial charge < -0.3 is 4.74 Å². The minimum absolute atomic E-state index is 0.206. The van der Waals surface area contributed by atoms with E-state index in [0.717, 1.165) is 12.1 Å². The van der Waals surface area contributed by atoms with Crippen molar-refractivity contribution in [1.29, 1.82) is 0 Å². The molecule has 26 heavy (non-hydrogen) atoms. The number of hydrogen-bond donors (Lipinski definition) is 0. The quantitative estimate of drug-likeness (QED) is 0.795. The molecular weight excluding hydrogens is 367 g/mol. The first-order valence-corrected chi connectivity index (χ1v) is 9.67. The van der Waals surface area contributed by atoms with Gasteiger partial charge in [-0.1, -0.05) is 12.1 Å². The van der Waals surface area contributed by atoms with Gasteiger partial charge in [0.25, 0.3) is 0 Å². The van der Waals surface area contributed by atoms with E-state index in [1.165, 1.54) is 19.4 Å². The summed E-state index contributed by atoms with van der Waals surface area (Å²) in [4.78, 5) is 3.35. The van der Waals surface area contributed by atoms with E-state index in [0.29, 0.717) is 18.5 Å². The second-order valence-corrected chi connectivity index (χ2v) is 8.46. The predicted molar refractivity (Wildman–Crippen MR) is 90.3 cm³/mol. The zero-order valence-electron chi connectivity index (χ0n) is 14.0. The van der Waals surface area contributed by atoms with Crippen LogP contribution < -0.4 is 0 Å². The second kappa shape index (κ2) is 7.00. The molecule has 0 N–H and O–H groups in total. The molecule has 0 aliphatic heterocycles. The molecule has 1 aromatic carbocycles. The summed E-state index contributed by atoms with van der Waals surface area (Å²) in [6, 6.07) is 8.15. The monoisotopic (exact) mass is 385 g/mol. The number of sulfone groups is 1. The summed E-state index contributed by atoms with van der Waals surface area (Å²) < 4.78 is 71.6. The van der Waals surface area contributed by atoms with Crippen LogP contribution in [0.3, 0.4) is 0 Å². The molecule has 0 unspecified atom stereocenters. The summed E-state index contributed by atoms with van der Waals surface area (Å²) in [5.41, 5.74) is -0.582. The Hall–Kier alpha value is -1.93. The van der Waals surface area contributed by atoms with Crippen molar-refractivity contribution in [2.75, 3.05) is 7.11 Å². The van der Waals surface area contributed by atoms with Crippen molar-refractivity contribution in [3.05, 3.63) is 48.2 Å². The molecule has 1 saturated carbocycles. The molecule has 1 aliphatic carbocycles. The van der Waals surface area contributed by atoms with Crippen LogP contribution >= 0.6 is 0 Å². The van der Waals surface area contributed by atoms with Crippen molar-refractivity contribution in [2.24, 2.45) is 0 Å². The Morgan fingerprint density at radius 2 is 1.92 bits per heavy atom. The number of alkyl halides is 3. The van der Waals surface area contributed by atoms with E-state index in [1.54, 1.807) is 18.2 Å². The van der Waals surface area contributed by atoms with Crippen LogP contribution in [0.4, 0.5) is 13.2 Å². The molecular formula is C18H18F3NO3S. The highest BCUT2D eigenvalue weighted by atomic mass is 32.2. The highest BCUT2D eigenvalue weighted by Gasteiger charge is 2.42. The molecule has 1 heterocycles. The van der Waals surface area contributed by atoms with Crippen LogP contribution in [0.2, 0.25) is 0 Å². The number of pyridine rings is 1. The number of nitrogens with zero attached hydrogens (tertiary/aromatic N) is 1. The van der Waals surface area contributed by atoms with Gasteiger partial charge in [-0.2, -0.15) is 13.2 Å². The number of rotatable bonds is 4. The van der Waals surface area contributed by atoms with Gasteiger partial charge in [-0.15, -0.1) is 0 Å². The standard InChI is InChI=1S/C18H18F3NO3S/c1-25-13-6-7-14(11-13)26(23,24)17-8-5-12(10-15(17)18(19,20)21)16-4-2-3-9-22-16/h2-5,8-10,13-14H,6-7,11H2,1H3/t13-,14-/m1/s1. The van der Waals surface area contributed by atoms with E-state index in [2.05, 4.69) is 4.98 Å². The maximum absolute atomic E-state index is 13.6. The van der Waals surface area contributed by atoms with Crippen molar-refractivity contribution >= 4 is 9.84 Å². The maximum atomic E-state index is 13.6. The van der Waals surface area contributed by atoms with Crippen LogP contribution in [0.25, 0.3) is 11.3 Å². The highest BCUT2D eigenvalue weighted by molar-refractivity contribution is 7.92. The number of aromatic nitrogens is 1. The zero-order valence-corrected chi connectivity index (χ0v) is 14.8. The van der Waals surface area contributed by atoms with Crippen LogP contribution in [0.1, 0.15) is 24.8 Å². The van der Waals surface area contributed by atoms with Crippen molar-refractivity contribution in [1.82, 2.24) is 4.98 Å². The van der Waals surface area contributed by atoms with Gasteiger partial charge in [-0.05, 0) is 43.5 Å². The molecule has 0 amide bonds. The Morgan fingerprint density at radius 3 is 2.50 bits per heavy atom. The summed E-state index contributed by atoms with van der Waals surface area (Å²) in [5.74, 6) is 0. The van der Waals surface area contributed by atoms with Gasteiger partial charge in [0.05, 0.1) is 27.5 Å². The number of ether oxygens (including phenoxy) is 1. The lowest BCUT2D eigenvalue weighted by Gasteiger charge is -2.18. The van der Waals surface area contributed by atoms with E-state index in [1.807, 2.05) is 0 Å². The second-order valence-electron chi connectivity index (χ2n) is 6.26. The van der Waals surface area contributed by atoms with Gasteiger partial charge in [0.2, 0.25) is 0 Å². The third-order valence-corrected chi connectivity index (χ3v) is 6.94. The number of halogens is 3. The molecule has 2 aromatic rings. The SMILES string of the molecule is CO[C@@H]1CC[C@@H](S(=O)(=O)c2ccc(-c3ccccn3)cc2C(F)(F)F)C1. The molecule has 140 valence electrons. The minimum Gasteiger partial charge on any atom is -0.381 e. The molecule has 2 atom stereocenters. The van der Waals surface area contributed by atoms with Crippen molar-refractivity contribution in [3.63, 3.8) is 0 Å². The van der Waals surface area contributed by atoms with Crippen LogP contribution in [0.15, 0.2) is 47.5 Å². The maximum Gasteiger partial charge on any atom is 0.417 e. The summed E-state index contributed by atoms with van der Waals surface area (Å²) in [7, 11) is -2.64. The van der Waals surface area contributed by atoms with Crippen molar-refractivity contribution in [3.8, 4) is 11.3 Å². The van der Waals surface area contributed by atoms with E-state index < -0.39 is 31.7 Å². The Bertz CT molecular complexity index is 882. The van der Waals surface area contributed by atoms with Crippen LogP contribution in [-0.4, -0.2) is 31.9 Å². The Kier molecular flexibility index (Phi) is 5.07. The van der Waals surface area contributed by atoms with E-state index in [-0.39, 0.29) is 18.1 Å². The average Bonchev–Trinajstić information content (AvgIpc) is 3.11. The molecule has 0 spiro atoms. The summed E-state index contributed by atoms with van der Waals surface area (Å²) in [5, 5.41) is -0.866. The van der Waals surface area contributed by atoms with Gasteiger partial charge in [0.1, 0.15) is 0 Å². The third kappa shape index (κ3) is 3.61. The topological polar surface area (TPSA) is 56.3 Å². The Labute approximate surface area is 149 Å². The van der Waals surface area contributed by atoms with Gasteiger partial charge in [0.15, 0.2) is 9.84 Å². The van der Waals surface area contributed by atoms with Crippen LogP contribution in [-0.2, 0) is 20.8 Å². The first-order chi connectivity index (χ1) is 12.2. The predicted octanol–water partition coefficient (Wildman–Crippen LogP) is 4.11. The van der Waals surface area contributed by atoms with Crippen molar-refractivity contribution in [2.45, 2.75) is 41.7 Å². The summed E-state index contributed by atoms with van der Waals surface area (Å²) in [6.45, 7) is 0. The lowest BCUT2D eigenvalue weighted by atomic mass is 10.1. The van der Waals surface area contributed by atoms with Gasteiger partial charge in [-0.25, -0.2) is 8.42 Å².